The Bertz CT molecular complexity index is 869. The Morgan fingerprint density at radius 1 is 1.06 bits per heavy atom. The number of likely N-dealkylation sites (tertiary alicyclic amines) is 1. The quantitative estimate of drug-likeness (QED) is 0.744. The van der Waals surface area contributed by atoms with Crippen LogP contribution in [0.15, 0.2) is 24.3 Å². The Morgan fingerprint density at radius 2 is 1.74 bits per heavy atom. The number of alkyl halides is 3. The maximum atomic E-state index is 12.9. The zero-order chi connectivity index (χ0) is 21.9. The Morgan fingerprint density at radius 3 is 2.32 bits per heavy atom. The molecule has 2 aliphatic heterocycles. The first kappa shape index (κ1) is 20.6. The lowest BCUT2D eigenvalue weighted by atomic mass is 9.68. The van der Waals surface area contributed by atoms with Crippen molar-refractivity contribution in [1.82, 2.24) is 10.2 Å². The molecule has 2 saturated heterocycles. The highest BCUT2D eigenvalue weighted by Gasteiger charge is 2.54. The summed E-state index contributed by atoms with van der Waals surface area (Å²) in [6, 6.07) is 5.63. The second kappa shape index (κ2) is 7.14. The number of hydrogen-bond donors (Lipinski definition) is 1. The molecule has 5 nitrogen and oxygen atoms in total. The van der Waals surface area contributed by atoms with Crippen LogP contribution in [-0.2, 0) is 15.7 Å². The van der Waals surface area contributed by atoms with E-state index in [1.165, 1.54) is 12.1 Å². The number of rotatable bonds is 2. The topological polar surface area (TPSA) is 58.6 Å². The molecule has 31 heavy (non-hydrogen) atoms. The van der Waals surface area contributed by atoms with Gasteiger partial charge in [0.2, 0.25) is 5.91 Å². The number of piperidine rings is 1. The van der Waals surface area contributed by atoms with E-state index in [0.29, 0.717) is 25.4 Å². The van der Waals surface area contributed by atoms with E-state index in [1.807, 2.05) is 4.90 Å². The van der Waals surface area contributed by atoms with Crippen molar-refractivity contribution in [2.75, 3.05) is 19.7 Å². The molecule has 0 radical (unpaired) electrons. The van der Waals surface area contributed by atoms with Crippen molar-refractivity contribution in [1.29, 1.82) is 0 Å². The van der Waals surface area contributed by atoms with Crippen molar-refractivity contribution in [2.45, 2.75) is 62.6 Å². The lowest BCUT2D eigenvalue weighted by Gasteiger charge is -2.46. The fourth-order valence-electron chi connectivity index (χ4n) is 6.12. The number of hydrogen-bond acceptors (Lipinski definition) is 3. The zero-order valence-electron chi connectivity index (χ0n) is 17.3. The van der Waals surface area contributed by atoms with Gasteiger partial charge < -0.3 is 15.0 Å². The highest BCUT2D eigenvalue weighted by Crippen LogP contribution is 2.53. The number of alkyl carbamates (subject to hydrolysis) is 1. The van der Waals surface area contributed by atoms with Crippen LogP contribution in [0.5, 0.6) is 0 Å². The summed E-state index contributed by atoms with van der Waals surface area (Å²) in [6.07, 6.45) is 1.54. The molecule has 0 bridgehead atoms. The predicted octanol–water partition coefficient (Wildman–Crippen LogP) is 4.47. The normalized spacial score (nSPS) is 32.1. The van der Waals surface area contributed by atoms with Gasteiger partial charge in [-0.1, -0.05) is 12.1 Å². The summed E-state index contributed by atoms with van der Waals surface area (Å²) in [6.45, 7) is 1.83. The second-order valence-corrected chi connectivity index (χ2v) is 9.97. The monoisotopic (exact) mass is 436 g/mol. The summed E-state index contributed by atoms with van der Waals surface area (Å²) in [5, 5.41) is 2.83. The molecule has 1 unspecified atom stereocenters. The van der Waals surface area contributed by atoms with Crippen LogP contribution in [0.3, 0.4) is 0 Å². The predicted molar refractivity (Wildman–Crippen MR) is 106 cm³/mol. The molecule has 8 heteroatoms. The molecule has 168 valence electrons. The molecule has 1 N–H and O–H groups in total. The van der Waals surface area contributed by atoms with Crippen molar-refractivity contribution in [2.24, 2.45) is 11.3 Å². The molecule has 5 rings (SSSR count). The Kier molecular flexibility index (Phi) is 4.75. The molecule has 2 spiro atoms. The van der Waals surface area contributed by atoms with Crippen LogP contribution >= 0.6 is 0 Å². The Balaban J connectivity index is 1.14. The van der Waals surface area contributed by atoms with Gasteiger partial charge in [-0.2, -0.15) is 13.2 Å². The van der Waals surface area contributed by atoms with Crippen LogP contribution in [0.2, 0.25) is 0 Å². The van der Waals surface area contributed by atoms with Crippen LogP contribution in [-0.4, -0.2) is 42.1 Å². The van der Waals surface area contributed by atoms with E-state index in [4.69, 9.17) is 4.74 Å². The van der Waals surface area contributed by atoms with Gasteiger partial charge in [-0.15, -0.1) is 0 Å². The average molecular weight is 436 g/mol. The lowest BCUT2D eigenvalue weighted by Crippen LogP contribution is -2.59. The third-order valence-electron chi connectivity index (χ3n) is 8.02. The van der Waals surface area contributed by atoms with E-state index >= 15 is 0 Å². The summed E-state index contributed by atoms with van der Waals surface area (Å²) >= 11 is 0. The average Bonchev–Trinajstić information content (AvgIpc) is 3.31. The number of nitrogens with zero attached hydrogens (tertiary/aromatic N) is 1. The highest BCUT2D eigenvalue weighted by atomic mass is 19.4. The van der Waals surface area contributed by atoms with Crippen molar-refractivity contribution >= 4 is 12.0 Å². The first-order chi connectivity index (χ1) is 14.7. The number of nitrogens with one attached hydrogen (secondary N) is 1. The van der Waals surface area contributed by atoms with E-state index in [-0.39, 0.29) is 22.8 Å². The SMILES string of the molecule is O=C1N[C@]2(CO1)C[C@H](C(=O)N1CCC3(CCC(c4ccc(C(F)(F)F)cc4)C3)CC1)C2. The first-order valence-corrected chi connectivity index (χ1v) is 11.1. The van der Waals surface area contributed by atoms with Gasteiger partial charge in [0.05, 0.1) is 11.1 Å². The van der Waals surface area contributed by atoms with E-state index in [9.17, 15) is 22.8 Å². The molecular weight excluding hydrogens is 409 g/mol. The van der Waals surface area contributed by atoms with Gasteiger partial charge in [0, 0.05) is 19.0 Å². The van der Waals surface area contributed by atoms with Crippen molar-refractivity contribution in [3.8, 4) is 0 Å². The highest BCUT2D eigenvalue weighted by molar-refractivity contribution is 5.81. The molecule has 4 fully saturated rings. The van der Waals surface area contributed by atoms with Gasteiger partial charge in [-0.3, -0.25) is 4.79 Å². The van der Waals surface area contributed by atoms with Gasteiger partial charge in [-0.05, 0) is 74.0 Å². The fraction of sp³-hybridized carbons (Fsp3) is 0.652. The number of carbonyl (C=O) groups excluding carboxylic acids is 2. The lowest BCUT2D eigenvalue weighted by molar-refractivity contribution is -0.143. The number of halogens is 3. The summed E-state index contributed by atoms with van der Waals surface area (Å²) in [4.78, 5) is 26.1. The Hall–Kier alpha value is -2.25. The van der Waals surface area contributed by atoms with Crippen LogP contribution in [0, 0.1) is 11.3 Å². The van der Waals surface area contributed by atoms with Crippen molar-refractivity contribution in [3.05, 3.63) is 35.4 Å². The second-order valence-electron chi connectivity index (χ2n) is 9.97. The van der Waals surface area contributed by atoms with E-state index in [1.54, 1.807) is 12.1 Å². The van der Waals surface area contributed by atoms with Gasteiger partial charge in [0.1, 0.15) is 6.61 Å². The molecule has 2 amide bonds. The number of cyclic esters (lactones) is 1. The fourth-order valence-corrected chi connectivity index (χ4v) is 6.12. The van der Waals surface area contributed by atoms with Crippen LogP contribution < -0.4 is 5.32 Å². The minimum Gasteiger partial charge on any atom is -0.447 e. The van der Waals surface area contributed by atoms with Crippen LogP contribution in [0.4, 0.5) is 18.0 Å². The smallest absolute Gasteiger partial charge is 0.416 e. The molecule has 1 aromatic rings. The zero-order valence-corrected chi connectivity index (χ0v) is 17.3. The van der Waals surface area contributed by atoms with Gasteiger partial charge in [0.15, 0.2) is 0 Å². The van der Waals surface area contributed by atoms with E-state index in [0.717, 1.165) is 50.8 Å². The van der Waals surface area contributed by atoms with Crippen LogP contribution in [0.1, 0.15) is 62.0 Å². The summed E-state index contributed by atoms with van der Waals surface area (Å²) in [5.41, 5.74) is 0.244. The maximum Gasteiger partial charge on any atom is 0.416 e. The molecule has 1 atom stereocenters. The first-order valence-electron chi connectivity index (χ1n) is 11.1. The summed E-state index contributed by atoms with van der Waals surface area (Å²) < 4.78 is 43.4. The number of ether oxygens (including phenoxy) is 1. The standard InChI is InChI=1S/C23H27F3N2O3/c24-23(25,26)18-3-1-15(2-4-18)16-5-6-21(11-16)7-9-28(10-8-21)19(29)17-12-22(13-17)14-31-20(30)27-22/h1-4,16-17H,5-14H2,(H,27,30)/t16?,17-,22+. The molecule has 2 saturated carbocycles. The molecular formula is C23H27F3N2O3. The van der Waals surface area contributed by atoms with Gasteiger partial charge in [-0.25, -0.2) is 4.79 Å². The van der Waals surface area contributed by atoms with E-state index in [2.05, 4.69) is 5.32 Å². The van der Waals surface area contributed by atoms with Crippen molar-refractivity contribution < 1.29 is 27.5 Å². The summed E-state index contributed by atoms with van der Waals surface area (Å²) in [5.74, 6) is 0.431. The number of amides is 2. The minimum absolute atomic E-state index is 0.0421. The molecule has 4 aliphatic rings. The Labute approximate surface area is 179 Å². The van der Waals surface area contributed by atoms with Gasteiger partial charge >= 0.3 is 12.3 Å². The third kappa shape index (κ3) is 3.78. The van der Waals surface area contributed by atoms with E-state index < -0.39 is 17.8 Å². The molecule has 2 aliphatic carbocycles. The van der Waals surface area contributed by atoms with Gasteiger partial charge in [0.25, 0.3) is 0 Å². The molecule has 0 aromatic heterocycles. The number of carbonyl (C=O) groups is 2. The van der Waals surface area contributed by atoms with Crippen LogP contribution in [0.25, 0.3) is 0 Å². The van der Waals surface area contributed by atoms with Crippen molar-refractivity contribution in [3.63, 3.8) is 0 Å². The largest absolute Gasteiger partial charge is 0.447 e. The summed E-state index contributed by atoms with van der Waals surface area (Å²) in [7, 11) is 0. The number of benzene rings is 1. The maximum absolute atomic E-state index is 12.9. The third-order valence-corrected chi connectivity index (χ3v) is 8.02. The molecule has 1 aromatic carbocycles. The molecule has 2 heterocycles. The minimum atomic E-state index is -4.30.